The van der Waals surface area contributed by atoms with Crippen LogP contribution >= 0.6 is 15.9 Å². The second-order valence-electron chi connectivity index (χ2n) is 1.58. The third-order valence-electron chi connectivity index (χ3n) is 0.880. The largest absolute Gasteiger partial charge is 0.368 e. The number of anilines is 1. The van der Waals surface area contributed by atoms with Gasteiger partial charge < -0.3 is 5.73 Å². The number of nitrogen functional groups attached to an aromatic ring is 1. The lowest BCUT2D eigenvalue weighted by molar-refractivity contribution is 1.14. The molecule has 0 spiro atoms. The van der Waals surface area contributed by atoms with Crippen LogP contribution in [0.5, 0.6) is 0 Å². The predicted octanol–water partition coefficient (Wildman–Crippen LogP) is 0.954. The quantitative estimate of drug-likeness (QED) is 0.667. The lowest BCUT2D eigenvalue weighted by Gasteiger charge is -1.91. The molecule has 0 aliphatic heterocycles. The molecular formula is C5H6BrN3. The van der Waals surface area contributed by atoms with Crippen LogP contribution in [0.1, 0.15) is 5.56 Å². The van der Waals surface area contributed by atoms with E-state index in [1.54, 1.807) is 12.4 Å². The Labute approximate surface area is 61.4 Å². The van der Waals surface area contributed by atoms with Crippen LogP contribution in [0.3, 0.4) is 0 Å². The summed E-state index contributed by atoms with van der Waals surface area (Å²) in [5.74, 6) is 0.319. The average Bonchev–Trinajstić information content (AvgIpc) is 1.90. The molecule has 4 heteroatoms. The van der Waals surface area contributed by atoms with Crippen LogP contribution < -0.4 is 5.73 Å². The van der Waals surface area contributed by atoms with E-state index in [2.05, 4.69) is 25.9 Å². The fourth-order valence-corrected chi connectivity index (χ4v) is 0.723. The van der Waals surface area contributed by atoms with Crippen LogP contribution in [0.25, 0.3) is 0 Å². The maximum absolute atomic E-state index is 5.24. The maximum Gasteiger partial charge on any atom is 0.219 e. The van der Waals surface area contributed by atoms with Gasteiger partial charge in [-0.15, -0.1) is 0 Å². The molecule has 48 valence electrons. The van der Waals surface area contributed by atoms with Crippen molar-refractivity contribution in [2.75, 3.05) is 5.73 Å². The Hall–Kier alpha value is -0.640. The zero-order valence-electron chi connectivity index (χ0n) is 4.71. The highest BCUT2D eigenvalue weighted by molar-refractivity contribution is 9.08. The Bertz CT molecular complexity index is 184. The first-order chi connectivity index (χ1) is 4.33. The van der Waals surface area contributed by atoms with Gasteiger partial charge in [-0.25, -0.2) is 9.97 Å². The predicted molar refractivity (Wildman–Crippen MR) is 39.1 cm³/mol. The molecule has 0 atom stereocenters. The Morgan fingerprint density at radius 3 is 2.44 bits per heavy atom. The molecule has 1 heterocycles. The summed E-state index contributed by atoms with van der Waals surface area (Å²) in [5.41, 5.74) is 6.28. The molecule has 0 unspecified atom stereocenters. The second kappa shape index (κ2) is 2.77. The van der Waals surface area contributed by atoms with Crippen LogP contribution in [0, 0.1) is 0 Å². The van der Waals surface area contributed by atoms with Gasteiger partial charge in [0.15, 0.2) is 0 Å². The average molecular weight is 188 g/mol. The number of hydrogen-bond donors (Lipinski definition) is 1. The summed E-state index contributed by atoms with van der Waals surface area (Å²) in [6.07, 6.45) is 3.38. The van der Waals surface area contributed by atoms with Crippen molar-refractivity contribution in [1.29, 1.82) is 0 Å². The molecule has 3 nitrogen and oxygen atoms in total. The summed E-state index contributed by atoms with van der Waals surface area (Å²) in [4.78, 5) is 7.57. The molecule has 0 bridgehead atoms. The lowest BCUT2D eigenvalue weighted by atomic mass is 10.4. The van der Waals surface area contributed by atoms with Gasteiger partial charge >= 0.3 is 0 Å². The summed E-state index contributed by atoms with van der Waals surface area (Å²) < 4.78 is 0. The first-order valence-electron chi connectivity index (χ1n) is 2.45. The summed E-state index contributed by atoms with van der Waals surface area (Å²) in [7, 11) is 0. The molecule has 1 aromatic rings. The van der Waals surface area contributed by atoms with E-state index in [0.29, 0.717) is 5.95 Å². The maximum atomic E-state index is 5.24. The van der Waals surface area contributed by atoms with Crippen molar-refractivity contribution in [3.8, 4) is 0 Å². The van der Waals surface area contributed by atoms with Gasteiger partial charge in [0.25, 0.3) is 0 Å². The summed E-state index contributed by atoms with van der Waals surface area (Å²) >= 11 is 3.26. The molecule has 0 saturated heterocycles. The molecular weight excluding hydrogens is 182 g/mol. The van der Waals surface area contributed by atoms with E-state index in [4.69, 9.17) is 5.73 Å². The zero-order chi connectivity index (χ0) is 6.69. The third kappa shape index (κ3) is 1.64. The van der Waals surface area contributed by atoms with Gasteiger partial charge in [-0.05, 0) is 5.56 Å². The van der Waals surface area contributed by atoms with Crippen LogP contribution in [0.2, 0.25) is 0 Å². The molecule has 2 N–H and O–H groups in total. The highest BCUT2D eigenvalue weighted by Gasteiger charge is 1.88. The van der Waals surface area contributed by atoms with E-state index in [1.165, 1.54) is 0 Å². The van der Waals surface area contributed by atoms with Crippen LogP contribution in [-0.2, 0) is 5.33 Å². The molecule has 0 amide bonds. The van der Waals surface area contributed by atoms with Crippen LogP contribution in [0.15, 0.2) is 12.4 Å². The Kier molecular flexibility index (Phi) is 2.00. The lowest BCUT2D eigenvalue weighted by Crippen LogP contribution is -1.93. The molecule has 9 heavy (non-hydrogen) atoms. The fourth-order valence-electron chi connectivity index (χ4n) is 0.434. The van der Waals surface area contributed by atoms with E-state index < -0.39 is 0 Å². The minimum atomic E-state index is 0.319. The first-order valence-corrected chi connectivity index (χ1v) is 3.57. The van der Waals surface area contributed by atoms with Gasteiger partial charge in [-0.1, -0.05) is 15.9 Å². The van der Waals surface area contributed by atoms with Crippen molar-refractivity contribution in [1.82, 2.24) is 9.97 Å². The number of nitrogens with two attached hydrogens (primary N) is 1. The minimum Gasteiger partial charge on any atom is -0.368 e. The second-order valence-corrected chi connectivity index (χ2v) is 2.14. The standard InChI is InChI=1S/C5H6BrN3/c6-1-4-2-8-5(7)9-3-4/h2-3H,1H2,(H2,7,8,9). The summed E-state index contributed by atoms with van der Waals surface area (Å²) in [6, 6.07) is 0. The molecule has 1 aromatic heterocycles. The number of nitrogens with zero attached hydrogens (tertiary/aromatic N) is 2. The SMILES string of the molecule is Nc1ncc(CBr)cn1. The van der Waals surface area contributed by atoms with E-state index in [9.17, 15) is 0 Å². The monoisotopic (exact) mass is 187 g/mol. The highest BCUT2D eigenvalue weighted by atomic mass is 79.9. The summed E-state index contributed by atoms with van der Waals surface area (Å²) in [6.45, 7) is 0. The summed E-state index contributed by atoms with van der Waals surface area (Å²) in [5, 5.41) is 0.771. The van der Waals surface area contributed by atoms with Crippen molar-refractivity contribution < 1.29 is 0 Å². The number of hydrogen-bond acceptors (Lipinski definition) is 3. The Morgan fingerprint density at radius 1 is 1.44 bits per heavy atom. The topological polar surface area (TPSA) is 51.8 Å². The number of halogens is 1. The smallest absolute Gasteiger partial charge is 0.219 e. The van der Waals surface area contributed by atoms with Crippen LogP contribution in [0.4, 0.5) is 5.95 Å². The van der Waals surface area contributed by atoms with E-state index >= 15 is 0 Å². The van der Waals surface area contributed by atoms with E-state index in [1.807, 2.05) is 0 Å². The van der Waals surface area contributed by atoms with Gasteiger partial charge in [0.05, 0.1) is 0 Å². The minimum absolute atomic E-state index is 0.319. The van der Waals surface area contributed by atoms with Crippen molar-refractivity contribution >= 4 is 21.9 Å². The third-order valence-corrected chi connectivity index (χ3v) is 1.53. The van der Waals surface area contributed by atoms with E-state index in [-0.39, 0.29) is 0 Å². The molecule has 1 rings (SSSR count). The first kappa shape index (κ1) is 6.48. The van der Waals surface area contributed by atoms with Crippen molar-refractivity contribution in [2.24, 2.45) is 0 Å². The van der Waals surface area contributed by atoms with Crippen molar-refractivity contribution in [2.45, 2.75) is 5.33 Å². The molecule has 0 aliphatic carbocycles. The normalized spacial score (nSPS) is 9.44. The van der Waals surface area contributed by atoms with Gasteiger partial charge in [-0.3, -0.25) is 0 Å². The van der Waals surface area contributed by atoms with Gasteiger partial charge in [0.1, 0.15) is 0 Å². The van der Waals surface area contributed by atoms with E-state index in [0.717, 1.165) is 10.9 Å². The van der Waals surface area contributed by atoms with Crippen LogP contribution in [-0.4, -0.2) is 9.97 Å². The fraction of sp³-hybridized carbons (Fsp3) is 0.200. The molecule has 0 radical (unpaired) electrons. The Morgan fingerprint density at radius 2 is 2.00 bits per heavy atom. The highest BCUT2D eigenvalue weighted by Crippen LogP contribution is 2.01. The molecule has 0 aliphatic rings. The van der Waals surface area contributed by atoms with Crippen molar-refractivity contribution in [3.05, 3.63) is 18.0 Å². The molecule has 0 saturated carbocycles. The van der Waals surface area contributed by atoms with Gasteiger partial charge in [0, 0.05) is 17.7 Å². The van der Waals surface area contributed by atoms with Crippen molar-refractivity contribution in [3.63, 3.8) is 0 Å². The van der Waals surface area contributed by atoms with Gasteiger partial charge in [0.2, 0.25) is 5.95 Å². The zero-order valence-corrected chi connectivity index (χ0v) is 6.30. The van der Waals surface area contributed by atoms with Gasteiger partial charge in [-0.2, -0.15) is 0 Å². The molecule has 0 aromatic carbocycles. The number of alkyl halides is 1. The number of rotatable bonds is 1. The Balaban J connectivity index is 2.88. The molecule has 0 fully saturated rings. The number of aromatic nitrogens is 2.